The Balaban J connectivity index is 1.73. The summed E-state index contributed by atoms with van der Waals surface area (Å²) in [5, 5.41) is 0.780. The summed E-state index contributed by atoms with van der Waals surface area (Å²) >= 11 is 0. The lowest BCUT2D eigenvalue weighted by molar-refractivity contribution is 0.0445. The third-order valence-electron chi connectivity index (χ3n) is 4.03. The number of Topliss-reactive ketones (excluding diaryl/α,β-unsaturated/α-hetero) is 2. The van der Waals surface area contributed by atoms with Gasteiger partial charge in [-0.1, -0.05) is 18.2 Å². The molecule has 0 amide bonds. The van der Waals surface area contributed by atoms with Crippen LogP contribution in [0.1, 0.15) is 49.6 Å². The van der Waals surface area contributed by atoms with Crippen molar-refractivity contribution in [1.29, 1.82) is 0 Å². The zero-order valence-electron chi connectivity index (χ0n) is 14.1. The fourth-order valence-electron chi connectivity index (χ4n) is 2.91. The average molecular weight is 339 g/mol. The van der Waals surface area contributed by atoms with Gasteiger partial charge in [0.2, 0.25) is 11.5 Å². The number of carbonyl (C=O) groups excluding carboxylic acids is 3. The molecule has 0 unspecified atom stereocenters. The molecule has 2 heterocycles. The van der Waals surface area contributed by atoms with E-state index in [1.54, 1.807) is 32.0 Å². The number of aromatic nitrogens is 1. The standard InChI is InChI=1S/C19H17NO5/c1-10-17(12(3)21)11(2)20-18(10)14(22)9-24-19(23)16-8-13-6-4-5-7-15(13)25-16/h4-8,20H,9H2,1-3H3. The Bertz CT molecular complexity index is 960. The molecule has 0 saturated heterocycles. The molecule has 3 aromatic rings. The summed E-state index contributed by atoms with van der Waals surface area (Å²) in [5.74, 6) is -1.20. The van der Waals surface area contributed by atoms with Crippen LogP contribution >= 0.6 is 0 Å². The van der Waals surface area contributed by atoms with E-state index in [0.29, 0.717) is 22.4 Å². The maximum Gasteiger partial charge on any atom is 0.374 e. The Labute approximate surface area is 143 Å². The molecule has 1 N–H and O–H groups in total. The number of rotatable bonds is 5. The van der Waals surface area contributed by atoms with E-state index in [9.17, 15) is 14.4 Å². The van der Waals surface area contributed by atoms with E-state index in [4.69, 9.17) is 9.15 Å². The summed E-state index contributed by atoms with van der Waals surface area (Å²) in [6.45, 7) is 4.42. The van der Waals surface area contributed by atoms with Gasteiger partial charge in [-0.15, -0.1) is 0 Å². The van der Waals surface area contributed by atoms with Crippen molar-refractivity contribution in [3.8, 4) is 0 Å². The molecule has 2 aromatic heterocycles. The topological polar surface area (TPSA) is 89.4 Å². The third kappa shape index (κ3) is 3.10. The van der Waals surface area contributed by atoms with Gasteiger partial charge >= 0.3 is 5.97 Å². The molecule has 1 aromatic carbocycles. The maximum atomic E-state index is 12.3. The largest absolute Gasteiger partial charge is 0.451 e. The number of aryl methyl sites for hydroxylation is 1. The Kier molecular flexibility index (Phi) is 4.27. The van der Waals surface area contributed by atoms with E-state index in [-0.39, 0.29) is 17.2 Å². The number of benzene rings is 1. The quantitative estimate of drug-likeness (QED) is 0.566. The lowest BCUT2D eigenvalue weighted by Crippen LogP contribution is -2.15. The van der Waals surface area contributed by atoms with E-state index < -0.39 is 18.4 Å². The smallest absolute Gasteiger partial charge is 0.374 e. The van der Waals surface area contributed by atoms with Crippen LogP contribution < -0.4 is 0 Å². The summed E-state index contributed by atoms with van der Waals surface area (Å²) in [6, 6.07) is 8.76. The van der Waals surface area contributed by atoms with Crippen LogP contribution in [0.15, 0.2) is 34.7 Å². The summed E-state index contributed by atoms with van der Waals surface area (Å²) in [6.07, 6.45) is 0. The number of nitrogens with one attached hydrogen (secondary N) is 1. The van der Waals surface area contributed by atoms with Crippen LogP contribution in [0.2, 0.25) is 0 Å². The lowest BCUT2D eigenvalue weighted by atomic mass is 10.1. The number of fused-ring (bicyclic) bond motifs is 1. The van der Waals surface area contributed by atoms with Crippen LogP contribution in [0.25, 0.3) is 11.0 Å². The number of para-hydroxylation sites is 1. The predicted molar refractivity (Wildman–Crippen MR) is 91.1 cm³/mol. The molecule has 0 fully saturated rings. The molecular weight excluding hydrogens is 322 g/mol. The Morgan fingerprint density at radius 1 is 1.16 bits per heavy atom. The molecule has 0 saturated carbocycles. The summed E-state index contributed by atoms with van der Waals surface area (Å²) in [5.41, 5.74) is 2.53. The van der Waals surface area contributed by atoms with Gasteiger partial charge in [-0.25, -0.2) is 4.79 Å². The summed E-state index contributed by atoms with van der Waals surface area (Å²) in [4.78, 5) is 38.9. The Hall–Kier alpha value is -3.15. The molecule has 0 aliphatic carbocycles. The van der Waals surface area contributed by atoms with Crippen LogP contribution in [0.5, 0.6) is 0 Å². The first kappa shape index (κ1) is 16.7. The van der Waals surface area contributed by atoms with Gasteiger partial charge in [0.05, 0.1) is 5.69 Å². The van der Waals surface area contributed by atoms with Crippen molar-refractivity contribution in [3.05, 3.63) is 58.6 Å². The Morgan fingerprint density at radius 3 is 2.52 bits per heavy atom. The van der Waals surface area contributed by atoms with Crippen LogP contribution in [-0.2, 0) is 4.74 Å². The fourth-order valence-corrected chi connectivity index (χ4v) is 2.91. The molecule has 25 heavy (non-hydrogen) atoms. The highest BCUT2D eigenvalue weighted by Crippen LogP contribution is 2.21. The third-order valence-corrected chi connectivity index (χ3v) is 4.03. The highest BCUT2D eigenvalue weighted by Gasteiger charge is 2.22. The van der Waals surface area contributed by atoms with Gasteiger partial charge in [0.15, 0.2) is 12.4 Å². The van der Waals surface area contributed by atoms with Crippen molar-refractivity contribution in [1.82, 2.24) is 4.98 Å². The SMILES string of the molecule is CC(=O)c1c(C)[nH]c(C(=O)COC(=O)c2cc3ccccc3o2)c1C. The highest BCUT2D eigenvalue weighted by atomic mass is 16.5. The second kappa shape index (κ2) is 6.39. The van der Waals surface area contributed by atoms with Gasteiger partial charge < -0.3 is 14.1 Å². The Morgan fingerprint density at radius 2 is 1.88 bits per heavy atom. The fraction of sp³-hybridized carbons (Fsp3) is 0.211. The molecule has 0 radical (unpaired) electrons. The number of hydrogen-bond acceptors (Lipinski definition) is 5. The summed E-state index contributed by atoms with van der Waals surface area (Å²) < 4.78 is 10.5. The molecule has 6 nitrogen and oxygen atoms in total. The second-order valence-electron chi connectivity index (χ2n) is 5.83. The van der Waals surface area contributed by atoms with Gasteiger partial charge in [-0.2, -0.15) is 0 Å². The molecule has 0 aliphatic rings. The number of aromatic amines is 1. The van der Waals surface area contributed by atoms with E-state index >= 15 is 0 Å². The van der Waals surface area contributed by atoms with Crippen molar-refractivity contribution in [3.63, 3.8) is 0 Å². The van der Waals surface area contributed by atoms with Crippen LogP contribution in [0, 0.1) is 13.8 Å². The van der Waals surface area contributed by atoms with Crippen LogP contribution in [-0.4, -0.2) is 29.1 Å². The number of furan rings is 1. The normalized spacial score (nSPS) is 10.8. The average Bonchev–Trinajstić information content (AvgIpc) is 3.13. The number of H-pyrrole nitrogens is 1. The first-order valence-corrected chi connectivity index (χ1v) is 7.77. The van der Waals surface area contributed by atoms with Crippen molar-refractivity contribution >= 4 is 28.5 Å². The lowest BCUT2D eigenvalue weighted by Gasteiger charge is -2.02. The predicted octanol–water partition coefficient (Wildman–Crippen LogP) is 3.62. The number of carbonyl (C=O) groups is 3. The van der Waals surface area contributed by atoms with Crippen molar-refractivity contribution in [2.75, 3.05) is 6.61 Å². The van der Waals surface area contributed by atoms with E-state index in [1.807, 2.05) is 12.1 Å². The van der Waals surface area contributed by atoms with E-state index in [1.165, 1.54) is 6.92 Å². The van der Waals surface area contributed by atoms with Gasteiger partial charge in [-0.05, 0) is 38.5 Å². The molecule has 6 heteroatoms. The van der Waals surface area contributed by atoms with Crippen LogP contribution in [0.4, 0.5) is 0 Å². The molecule has 3 rings (SSSR count). The number of esters is 1. The number of hydrogen-bond donors (Lipinski definition) is 1. The number of ether oxygens (including phenoxy) is 1. The maximum absolute atomic E-state index is 12.3. The first-order chi connectivity index (χ1) is 11.9. The van der Waals surface area contributed by atoms with Crippen molar-refractivity contribution in [2.45, 2.75) is 20.8 Å². The monoisotopic (exact) mass is 339 g/mol. The van der Waals surface area contributed by atoms with E-state index in [0.717, 1.165) is 5.39 Å². The molecule has 0 aliphatic heterocycles. The second-order valence-corrected chi connectivity index (χ2v) is 5.83. The number of ketones is 2. The van der Waals surface area contributed by atoms with Crippen LogP contribution in [0.3, 0.4) is 0 Å². The van der Waals surface area contributed by atoms with Gasteiger partial charge in [0.1, 0.15) is 5.58 Å². The highest BCUT2D eigenvalue weighted by molar-refractivity contribution is 6.04. The van der Waals surface area contributed by atoms with Gasteiger partial charge in [0.25, 0.3) is 0 Å². The zero-order chi connectivity index (χ0) is 18.1. The molecular formula is C19H17NO5. The zero-order valence-corrected chi connectivity index (χ0v) is 14.1. The van der Waals surface area contributed by atoms with Gasteiger partial charge in [0, 0.05) is 16.6 Å². The van der Waals surface area contributed by atoms with Crippen molar-refractivity contribution in [2.24, 2.45) is 0 Å². The first-order valence-electron chi connectivity index (χ1n) is 7.77. The minimum atomic E-state index is -0.711. The van der Waals surface area contributed by atoms with E-state index in [2.05, 4.69) is 4.98 Å². The summed E-state index contributed by atoms with van der Waals surface area (Å²) in [7, 11) is 0. The molecule has 128 valence electrons. The minimum absolute atomic E-state index is 0.0396. The van der Waals surface area contributed by atoms with Gasteiger partial charge in [-0.3, -0.25) is 9.59 Å². The molecule has 0 spiro atoms. The molecule has 0 atom stereocenters. The molecule has 0 bridgehead atoms. The van der Waals surface area contributed by atoms with Crippen molar-refractivity contribution < 1.29 is 23.5 Å². The minimum Gasteiger partial charge on any atom is -0.451 e.